The summed E-state index contributed by atoms with van der Waals surface area (Å²) in [6.45, 7) is 0. The Hall–Kier alpha value is -3.41. The minimum Gasteiger partial charge on any atom is -0.346 e. The Bertz CT molecular complexity index is 1120. The first-order chi connectivity index (χ1) is 12.1. The quantitative estimate of drug-likeness (QED) is 0.604. The van der Waals surface area contributed by atoms with Gasteiger partial charge >= 0.3 is 0 Å². The van der Waals surface area contributed by atoms with Gasteiger partial charge in [0.15, 0.2) is 17.1 Å². The molecule has 0 fully saturated rings. The van der Waals surface area contributed by atoms with Crippen LogP contribution in [0.1, 0.15) is 0 Å². The maximum Gasteiger partial charge on any atom is 0.191 e. The summed E-state index contributed by atoms with van der Waals surface area (Å²) in [5, 5.41) is 0.257. The van der Waals surface area contributed by atoms with Crippen molar-refractivity contribution < 1.29 is 8.78 Å². The van der Waals surface area contributed by atoms with Crippen molar-refractivity contribution in [3.63, 3.8) is 0 Å². The third-order valence-corrected chi connectivity index (χ3v) is 3.91. The summed E-state index contributed by atoms with van der Waals surface area (Å²) in [5.41, 5.74) is 1.07. The molecule has 4 rings (SSSR count). The number of nitrogens with one attached hydrogen (secondary N) is 1. The molecule has 0 spiro atoms. The van der Waals surface area contributed by atoms with Crippen molar-refractivity contribution in [2.75, 3.05) is 0 Å². The maximum absolute atomic E-state index is 14.3. The largest absolute Gasteiger partial charge is 0.346 e. The van der Waals surface area contributed by atoms with Crippen LogP contribution in [0.25, 0.3) is 33.4 Å². The molecule has 0 aliphatic rings. The molecule has 4 nitrogen and oxygen atoms in total. The summed E-state index contributed by atoms with van der Waals surface area (Å²) in [7, 11) is 0. The SMILES string of the molecule is O=c1cc[nH]c2nc(-c3ccccc3)c(-c3c(F)cncc3F)cc12. The van der Waals surface area contributed by atoms with Crippen molar-refractivity contribution >= 4 is 11.0 Å². The number of aromatic nitrogens is 3. The second kappa shape index (κ2) is 5.90. The Balaban J connectivity index is 2.14. The number of benzene rings is 1. The third-order valence-electron chi connectivity index (χ3n) is 3.91. The Morgan fingerprint density at radius 2 is 1.68 bits per heavy atom. The third kappa shape index (κ3) is 2.57. The minimum absolute atomic E-state index is 0.202. The summed E-state index contributed by atoms with van der Waals surface area (Å²) in [4.78, 5) is 23.0. The average Bonchev–Trinajstić information content (AvgIpc) is 2.62. The van der Waals surface area contributed by atoms with Gasteiger partial charge in [0.2, 0.25) is 0 Å². The van der Waals surface area contributed by atoms with E-state index in [9.17, 15) is 13.6 Å². The first-order valence-electron chi connectivity index (χ1n) is 7.52. The average molecular weight is 335 g/mol. The lowest BCUT2D eigenvalue weighted by Gasteiger charge is -2.12. The first-order valence-corrected chi connectivity index (χ1v) is 7.52. The normalized spacial score (nSPS) is 11.0. The summed E-state index contributed by atoms with van der Waals surface area (Å²) < 4.78 is 28.6. The number of fused-ring (bicyclic) bond motifs is 1. The predicted molar refractivity (Wildman–Crippen MR) is 90.9 cm³/mol. The molecule has 0 saturated carbocycles. The second-order valence-electron chi connectivity index (χ2n) is 5.47. The summed E-state index contributed by atoms with van der Waals surface area (Å²) in [6.07, 6.45) is 3.36. The lowest BCUT2D eigenvalue weighted by Crippen LogP contribution is -2.04. The fourth-order valence-electron chi connectivity index (χ4n) is 2.77. The molecule has 0 bridgehead atoms. The highest BCUT2D eigenvalue weighted by atomic mass is 19.1. The molecule has 0 unspecified atom stereocenters. The predicted octanol–water partition coefficient (Wildman–Crippen LogP) is 3.93. The van der Waals surface area contributed by atoms with Gasteiger partial charge in [-0.25, -0.2) is 13.8 Å². The van der Waals surface area contributed by atoms with Crippen LogP contribution in [-0.2, 0) is 0 Å². The van der Waals surface area contributed by atoms with E-state index in [0.29, 0.717) is 16.9 Å². The topological polar surface area (TPSA) is 58.6 Å². The smallest absolute Gasteiger partial charge is 0.191 e. The van der Waals surface area contributed by atoms with E-state index in [1.807, 2.05) is 6.07 Å². The zero-order valence-corrected chi connectivity index (χ0v) is 12.8. The molecule has 3 aromatic heterocycles. The van der Waals surface area contributed by atoms with Crippen LogP contribution in [0, 0.1) is 11.6 Å². The van der Waals surface area contributed by atoms with Crippen molar-refractivity contribution in [3.05, 3.63) is 82.9 Å². The second-order valence-corrected chi connectivity index (χ2v) is 5.47. The zero-order valence-electron chi connectivity index (χ0n) is 12.8. The van der Waals surface area contributed by atoms with Crippen LogP contribution in [0.5, 0.6) is 0 Å². The molecule has 0 amide bonds. The maximum atomic E-state index is 14.3. The molecular weight excluding hydrogens is 324 g/mol. The van der Waals surface area contributed by atoms with Crippen LogP contribution in [-0.4, -0.2) is 15.0 Å². The van der Waals surface area contributed by atoms with Crippen molar-refractivity contribution in [2.24, 2.45) is 0 Å². The minimum atomic E-state index is -0.814. The molecule has 1 N–H and O–H groups in total. The molecule has 3 heterocycles. The van der Waals surface area contributed by atoms with Crippen LogP contribution < -0.4 is 5.43 Å². The van der Waals surface area contributed by atoms with E-state index in [0.717, 1.165) is 12.4 Å². The zero-order chi connectivity index (χ0) is 17.4. The Kier molecular flexibility index (Phi) is 3.57. The van der Waals surface area contributed by atoms with E-state index in [-0.39, 0.29) is 21.9 Å². The van der Waals surface area contributed by atoms with Gasteiger partial charge in [-0.1, -0.05) is 30.3 Å². The summed E-state index contributed by atoms with van der Waals surface area (Å²) >= 11 is 0. The van der Waals surface area contributed by atoms with Gasteiger partial charge in [-0.3, -0.25) is 9.78 Å². The van der Waals surface area contributed by atoms with Crippen molar-refractivity contribution in [1.29, 1.82) is 0 Å². The highest BCUT2D eigenvalue weighted by molar-refractivity contribution is 5.90. The van der Waals surface area contributed by atoms with Crippen LogP contribution >= 0.6 is 0 Å². The molecule has 0 radical (unpaired) electrons. The molecule has 122 valence electrons. The van der Waals surface area contributed by atoms with Crippen LogP contribution in [0.2, 0.25) is 0 Å². The monoisotopic (exact) mass is 335 g/mol. The van der Waals surface area contributed by atoms with E-state index in [4.69, 9.17) is 0 Å². The molecule has 25 heavy (non-hydrogen) atoms. The highest BCUT2D eigenvalue weighted by Gasteiger charge is 2.19. The molecule has 6 heteroatoms. The first kappa shape index (κ1) is 15.1. The Morgan fingerprint density at radius 3 is 2.40 bits per heavy atom. The fraction of sp³-hybridized carbons (Fsp3) is 0. The van der Waals surface area contributed by atoms with E-state index < -0.39 is 11.6 Å². The molecule has 0 aliphatic carbocycles. The van der Waals surface area contributed by atoms with E-state index in [2.05, 4.69) is 15.0 Å². The number of nitrogens with zero attached hydrogens (tertiary/aromatic N) is 2. The van der Waals surface area contributed by atoms with Crippen LogP contribution in [0.3, 0.4) is 0 Å². The van der Waals surface area contributed by atoms with Gasteiger partial charge in [-0.05, 0) is 6.07 Å². The lowest BCUT2D eigenvalue weighted by atomic mass is 9.98. The number of pyridine rings is 3. The van der Waals surface area contributed by atoms with Gasteiger partial charge in [0.1, 0.15) is 5.65 Å². The summed E-state index contributed by atoms with van der Waals surface area (Å²) in [6, 6.07) is 11.8. The molecule has 0 saturated heterocycles. The van der Waals surface area contributed by atoms with Crippen LogP contribution in [0.4, 0.5) is 8.78 Å². The number of aromatic amines is 1. The molecule has 0 aliphatic heterocycles. The molecule has 0 atom stereocenters. The van der Waals surface area contributed by atoms with Crippen molar-refractivity contribution in [1.82, 2.24) is 15.0 Å². The van der Waals surface area contributed by atoms with Gasteiger partial charge < -0.3 is 4.98 Å². The number of hydrogen-bond acceptors (Lipinski definition) is 3. The molecule has 4 aromatic rings. The molecular formula is C19H11F2N3O. The van der Waals surface area contributed by atoms with Gasteiger partial charge in [-0.2, -0.15) is 0 Å². The summed E-state index contributed by atoms with van der Waals surface area (Å²) in [5.74, 6) is -1.63. The number of hydrogen-bond donors (Lipinski definition) is 1. The number of halogens is 2. The Labute approximate surface area is 140 Å². The molecule has 1 aromatic carbocycles. The van der Waals surface area contributed by atoms with E-state index in [1.165, 1.54) is 18.3 Å². The van der Waals surface area contributed by atoms with Crippen molar-refractivity contribution in [2.45, 2.75) is 0 Å². The van der Waals surface area contributed by atoms with Gasteiger partial charge in [0.25, 0.3) is 0 Å². The van der Waals surface area contributed by atoms with Crippen LogP contribution in [0.15, 0.2) is 65.8 Å². The fourth-order valence-corrected chi connectivity index (χ4v) is 2.77. The van der Waals surface area contributed by atoms with E-state index in [1.54, 1.807) is 24.3 Å². The highest BCUT2D eigenvalue weighted by Crippen LogP contribution is 2.34. The number of H-pyrrole nitrogens is 1. The Morgan fingerprint density at radius 1 is 0.960 bits per heavy atom. The van der Waals surface area contributed by atoms with Gasteiger partial charge in [0.05, 0.1) is 29.0 Å². The van der Waals surface area contributed by atoms with Gasteiger partial charge in [0, 0.05) is 23.4 Å². The standard InChI is InChI=1S/C19H11F2N3O/c20-14-9-22-10-15(21)17(14)13-8-12-16(25)6-7-23-19(12)24-18(13)11-4-2-1-3-5-11/h1-10H,(H,23,24,25). The van der Waals surface area contributed by atoms with E-state index >= 15 is 0 Å². The van der Waals surface area contributed by atoms with Gasteiger partial charge in [-0.15, -0.1) is 0 Å². The van der Waals surface area contributed by atoms with Crippen molar-refractivity contribution in [3.8, 4) is 22.4 Å². The number of rotatable bonds is 2. The lowest BCUT2D eigenvalue weighted by molar-refractivity contribution is 0.579.